The minimum Gasteiger partial charge on any atom is -0.489 e. The van der Waals surface area contributed by atoms with E-state index in [0.717, 1.165) is 44.0 Å². The minimum atomic E-state index is -4.69. The SMILES string of the molecule is FC(F)(F)Oc1ccc(COc2cccc(CN3CCN(c4ccccc4)CC3)c2)cc1. The lowest BCUT2D eigenvalue weighted by atomic mass is 10.1. The van der Waals surface area contributed by atoms with Gasteiger partial charge >= 0.3 is 6.36 Å². The zero-order valence-electron chi connectivity index (χ0n) is 17.6. The number of hydrogen-bond acceptors (Lipinski definition) is 4. The van der Waals surface area contributed by atoms with Crippen LogP contribution < -0.4 is 14.4 Å². The van der Waals surface area contributed by atoms with Crippen LogP contribution >= 0.6 is 0 Å². The zero-order valence-corrected chi connectivity index (χ0v) is 17.6. The van der Waals surface area contributed by atoms with Crippen LogP contribution in [-0.2, 0) is 13.2 Å². The fourth-order valence-electron chi connectivity index (χ4n) is 3.75. The van der Waals surface area contributed by atoms with Gasteiger partial charge in [-0.1, -0.05) is 42.5 Å². The molecule has 0 aliphatic carbocycles. The number of halogens is 3. The maximum absolute atomic E-state index is 12.3. The van der Waals surface area contributed by atoms with Crippen molar-refractivity contribution in [3.05, 3.63) is 90.0 Å². The highest BCUT2D eigenvalue weighted by Gasteiger charge is 2.30. The second-order valence-corrected chi connectivity index (χ2v) is 7.73. The highest BCUT2D eigenvalue weighted by Crippen LogP contribution is 2.24. The average Bonchev–Trinajstić information content (AvgIpc) is 2.79. The first-order chi connectivity index (χ1) is 15.4. The molecular weight excluding hydrogens is 417 g/mol. The minimum absolute atomic E-state index is 0.240. The molecule has 4 rings (SSSR count). The maximum Gasteiger partial charge on any atom is 0.573 e. The smallest absolute Gasteiger partial charge is 0.489 e. The summed E-state index contributed by atoms with van der Waals surface area (Å²) in [6.45, 7) is 5.09. The van der Waals surface area contributed by atoms with E-state index in [1.54, 1.807) is 12.1 Å². The Kier molecular flexibility index (Phi) is 6.85. The molecule has 1 aliphatic rings. The van der Waals surface area contributed by atoms with Crippen molar-refractivity contribution >= 4 is 5.69 Å². The Hall–Kier alpha value is -3.19. The standard InChI is InChI=1S/C25H25F3N2O2/c26-25(27,28)32-23-11-9-20(10-12-23)19-31-24-8-4-5-21(17-24)18-29-13-15-30(16-14-29)22-6-2-1-3-7-22/h1-12,17H,13-16,18-19H2. The Bertz CT molecular complexity index is 986. The lowest BCUT2D eigenvalue weighted by Crippen LogP contribution is -2.45. The fraction of sp³-hybridized carbons (Fsp3) is 0.280. The molecule has 0 unspecified atom stereocenters. The van der Waals surface area contributed by atoms with Gasteiger partial charge in [-0.25, -0.2) is 0 Å². The maximum atomic E-state index is 12.3. The summed E-state index contributed by atoms with van der Waals surface area (Å²) in [7, 11) is 0. The van der Waals surface area contributed by atoms with Crippen molar-refractivity contribution < 1.29 is 22.6 Å². The molecule has 4 nitrogen and oxygen atoms in total. The summed E-state index contributed by atoms with van der Waals surface area (Å²) in [5.41, 5.74) is 3.20. The Morgan fingerprint density at radius 2 is 1.44 bits per heavy atom. The van der Waals surface area contributed by atoms with E-state index in [1.807, 2.05) is 24.3 Å². The molecule has 0 amide bonds. The molecule has 0 saturated carbocycles. The summed E-state index contributed by atoms with van der Waals surface area (Å²) >= 11 is 0. The Morgan fingerprint density at radius 3 is 2.12 bits per heavy atom. The summed E-state index contributed by atoms with van der Waals surface area (Å²) in [6, 6.07) is 24.1. The second kappa shape index (κ2) is 9.96. The van der Waals surface area contributed by atoms with Crippen LogP contribution in [0.25, 0.3) is 0 Å². The van der Waals surface area contributed by atoms with Gasteiger partial charge in [0.25, 0.3) is 0 Å². The van der Waals surface area contributed by atoms with E-state index < -0.39 is 6.36 Å². The first kappa shape index (κ1) is 22.0. The van der Waals surface area contributed by atoms with Gasteiger partial charge < -0.3 is 14.4 Å². The van der Waals surface area contributed by atoms with Crippen molar-refractivity contribution in [3.63, 3.8) is 0 Å². The van der Waals surface area contributed by atoms with Crippen LogP contribution in [0.15, 0.2) is 78.9 Å². The van der Waals surface area contributed by atoms with Gasteiger partial charge in [0.05, 0.1) is 0 Å². The summed E-state index contributed by atoms with van der Waals surface area (Å²) in [5, 5.41) is 0. The van der Waals surface area contributed by atoms with Crippen LogP contribution in [0.3, 0.4) is 0 Å². The summed E-state index contributed by atoms with van der Waals surface area (Å²) < 4.78 is 46.5. The Balaban J connectivity index is 1.27. The van der Waals surface area contributed by atoms with Gasteiger partial charge in [-0.15, -0.1) is 13.2 Å². The first-order valence-corrected chi connectivity index (χ1v) is 10.5. The third-order valence-corrected chi connectivity index (χ3v) is 5.36. The van der Waals surface area contributed by atoms with E-state index in [1.165, 1.54) is 23.4 Å². The van der Waals surface area contributed by atoms with Crippen molar-refractivity contribution in [2.45, 2.75) is 19.5 Å². The molecule has 1 heterocycles. The molecule has 1 fully saturated rings. The van der Waals surface area contributed by atoms with Crippen molar-refractivity contribution in [1.82, 2.24) is 4.90 Å². The molecule has 0 aromatic heterocycles. The lowest BCUT2D eigenvalue weighted by Gasteiger charge is -2.36. The second-order valence-electron chi connectivity index (χ2n) is 7.73. The van der Waals surface area contributed by atoms with E-state index in [0.29, 0.717) is 0 Å². The molecule has 3 aromatic carbocycles. The monoisotopic (exact) mass is 442 g/mol. The molecule has 0 radical (unpaired) electrons. The fourth-order valence-corrected chi connectivity index (χ4v) is 3.75. The normalized spacial score (nSPS) is 14.9. The topological polar surface area (TPSA) is 24.9 Å². The van der Waals surface area contributed by atoms with Crippen LogP contribution in [0.1, 0.15) is 11.1 Å². The summed E-state index contributed by atoms with van der Waals surface area (Å²) in [6.07, 6.45) is -4.69. The van der Waals surface area contributed by atoms with Crippen LogP contribution in [0, 0.1) is 0 Å². The molecule has 0 atom stereocenters. The van der Waals surface area contributed by atoms with Crippen LogP contribution in [0.4, 0.5) is 18.9 Å². The van der Waals surface area contributed by atoms with Crippen molar-refractivity contribution in [3.8, 4) is 11.5 Å². The highest BCUT2D eigenvalue weighted by molar-refractivity contribution is 5.46. The van der Waals surface area contributed by atoms with Gasteiger partial charge in [0.1, 0.15) is 18.1 Å². The lowest BCUT2D eigenvalue weighted by molar-refractivity contribution is -0.274. The van der Waals surface area contributed by atoms with E-state index in [2.05, 4.69) is 44.9 Å². The number of hydrogen-bond donors (Lipinski definition) is 0. The van der Waals surface area contributed by atoms with Crippen molar-refractivity contribution in [2.24, 2.45) is 0 Å². The molecule has 0 N–H and O–H groups in total. The molecule has 0 spiro atoms. The van der Waals surface area contributed by atoms with Crippen LogP contribution in [0.5, 0.6) is 11.5 Å². The van der Waals surface area contributed by atoms with E-state index in [4.69, 9.17) is 4.74 Å². The quantitative estimate of drug-likeness (QED) is 0.483. The highest BCUT2D eigenvalue weighted by atomic mass is 19.4. The molecule has 7 heteroatoms. The Labute approximate surface area is 185 Å². The van der Waals surface area contributed by atoms with Gasteiger partial charge in [0.2, 0.25) is 0 Å². The predicted molar refractivity (Wildman–Crippen MR) is 118 cm³/mol. The number of rotatable bonds is 7. The van der Waals surface area contributed by atoms with Gasteiger partial charge in [-0.3, -0.25) is 4.90 Å². The number of alkyl halides is 3. The van der Waals surface area contributed by atoms with Gasteiger partial charge in [-0.2, -0.15) is 0 Å². The van der Waals surface area contributed by atoms with Crippen LogP contribution in [-0.4, -0.2) is 37.4 Å². The molecule has 0 bridgehead atoms. The molecular formula is C25H25F3N2O2. The van der Waals surface area contributed by atoms with E-state index >= 15 is 0 Å². The number of nitrogens with zero attached hydrogens (tertiary/aromatic N) is 2. The molecule has 1 aliphatic heterocycles. The number of benzene rings is 3. The molecule has 1 saturated heterocycles. The van der Waals surface area contributed by atoms with Crippen LogP contribution in [0.2, 0.25) is 0 Å². The van der Waals surface area contributed by atoms with Crippen molar-refractivity contribution in [1.29, 1.82) is 0 Å². The zero-order chi connectivity index (χ0) is 22.4. The summed E-state index contributed by atoms with van der Waals surface area (Å²) in [5.74, 6) is 0.497. The largest absolute Gasteiger partial charge is 0.573 e. The average molecular weight is 442 g/mol. The summed E-state index contributed by atoms with van der Waals surface area (Å²) in [4.78, 5) is 4.83. The Morgan fingerprint density at radius 1 is 0.719 bits per heavy atom. The van der Waals surface area contributed by atoms with E-state index in [9.17, 15) is 13.2 Å². The molecule has 32 heavy (non-hydrogen) atoms. The van der Waals surface area contributed by atoms with E-state index in [-0.39, 0.29) is 12.4 Å². The third kappa shape index (κ3) is 6.40. The van der Waals surface area contributed by atoms with Gasteiger partial charge in [0.15, 0.2) is 0 Å². The molecule has 168 valence electrons. The number of piperazine rings is 1. The third-order valence-electron chi connectivity index (χ3n) is 5.36. The number of para-hydroxylation sites is 1. The molecule has 3 aromatic rings. The van der Waals surface area contributed by atoms with Gasteiger partial charge in [0, 0.05) is 38.4 Å². The first-order valence-electron chi connectivity index (χ1n) is 10.5. The number of anilines is 1. The van der Waals surface area contributed by atoms with Gasteiger partial charge in [-0.05, 0) is 47.5 Å². The number of ether oxygens (including phenoxy) is 2. The van der Waals surface area contributed by atoms with Crippen molar-refractivity contribution in [2.75, 3.05) is 31.1 Å². The predicted octanol–water partition coefficient (Wildman–Crippen LogP) is 5.49.